The third kappa shape index (κ3) is 5.83. The number of primary amides is 1. The molecule has 0 unspecified atom stereocenters. The summed E-state index contributed by atoms with van der Waals surface area (Å²) in [7, 11) is 1.24. The molecule has 0 atom stereocenters. The third-order valence-electron chi connectivity index (χ3n) is 3.12. The summed E-state index contributed by atoms with van der Waals surface area (Å²) in [5.41, 5.74) is 5.62. The first-order chi connectivity index (χ1) is 12.9. The number of anilines is 1. The Morgan fingerprint density at radius 1 is 1.15 bits per heavy atom. The van der Waals surface area contributed by atoms with E-state index in [0.29, 0.717) is 4.90 Å². The Morgan fingerprint density at radius 3 is 2.59 bits per heavy atom. The van der Waals surface area contributed by atoms with Crippen molar-refractivity contribution >= 4 is 52.5 Å². The van der Waals surface area contributed by atoms with Gasteiger partial charge in [-0.2, -0.15) is 0 Å². The van der Waals surface area contributed by atoms with E-state index in [1.54, 1.807) is 29.6 Å². The Balaban J connectivity index is 1.96. The lowest BCUT2D eigenvalue weighted by molar-refractivity contribution is -0.119. The molecule has 1 aromatic heterocycles. The topological polar surface area (TPSA) is 125 Å². The number of carbonyl (C=O) groups excluding carboxylic acids is 4. The van der Waals surface area contributed by atoms with Crippen molar-refractivity contribution in [1.82, 2.24) is 0 Å². The van der Waals surface area contributed by atoms with E-state index in [1.807, 2.05) is 0 Å². The summed E-state index contributed by atoms with van der Waals surface area (Å²) in [6, 6.07) is 8.07. The molecule has 0 fully saturated rings. The van der Waals surface area contributed by atoms with Gasteiger partial charge in [0.05, 0.1) is 24.1 Å². The molecule has 0 saturated carbocycles. The van der Waals surface area contributed by atoms with Crippen molar-refractivity contribution in [2.24, 2.45) is 5.73 Å². The molecule has 0 radical (unpaired) electrons. The number of carbonyl (C=O) groups is 4. The number of thioether (sulfide) groups is 1. The number of thiophene rings is 1. The van der Waals surface area contributed by atoms with Gasteiger partial charge in [0.25, 0.3) is 5.91 Å². The predicted molar refractivity (Wildman–Crippen MR) is 101 cm³/mol. The van der Waals surface area contributed by atoms with Gasteiger partial charge in [-0.25, -0.2) is 9.59 Å². The minimum atomic E-state index is -0.712. The van der Waals surface area contributed by atoms with Gasteiger partial charge in [-0.3, -0.25) is 9.59 Å². The molecule has 3 N–H and O–H groups in total. The zero-order valence-electron chi connectivity index (χ0n) is 14.2. The van der Waals surface area contributed by atoms with Gasteiger partial charge in [0.15, 0.2) is 6.61 Å². The molecular weight excluding hydrogens is 392 g/mol. The standard InChI is InChI=1S/C17H16N2O6S2/c1-24-17(23)15-11(6-7-26-15)19-14(21)8-25-16(22)10-4-2-3-5-12(10)27-9-13(18)20/h2-7H,8-9H2,1H3,(H2,18,20)(H,19,21). The van der Waals surface area contributed by atoms with Gasteiger partial charge >= 0.3 is 11.9 Å². The largest absolute Gasteiger partial charge is 0.465 e. The van der Waals surface area contributed by atoms with Crippen molar-refractivity contribution in [2.45, 2.75) is 4.90 Å². The number of benzene rings is 1. The zero-order chi connectivity index (χ0) is 19.8. The van der Waals surface area contributed by atoms with Crippen molar-refractivity contribution in [2.75, 3.05) is 24.8 Å². The number of amides is 2. The number of esters is 2. The number of nitrogens with one attached hydrogen (secondary N) is 1. The van der Waals surface area contributed by atoms with E-state index in [-0.39, 0.29) is 21.9 Å². The average Bonchev–Trinajstić information content (AvgIpc) is 3.12. The fourth-order valence-corrected chi connectivity index (χ4v) is 3.51. The number of hydrogen-bond donors (Lipinski definition) is 2. The molecule has 2 rings (SSSR count). The van der Waals surface area contributed by atoms with Gasteiger partial charge in [0, 0.05) is 4.90 Å². The molecule has 1 heterocycles. The fraction of sp³-hybridized carbons (Fsp3) is 0.176. The molecule has 1 aromatic carbocycles. The molecule has 0 bridgehead atoms. The van der Waals surface area contributed by atoms with Crippen LogP contribution in [-0.4, -0.2) is 43.2 Å². The van der Waals surface area contributed by atoms with Crippen LogP contribution in [0, 0.1) is 0 Å². The van der Waals surface area contributed by atoms with Crippen LogP contribution in [0.15, 0.2) is 40.6 Å². The molecule has 10 heteroatoms. The average molecular weight is 408 g/mol. The van der Waals surface area contributed by atoms with E-state index < -0.39 is 30.4 Å². The molecule has 2 aromatic rings. The van der Waals surface area contributed by atoms with Gasteiger partial charge in [0.2, 0.25) is 5.91 Å². The molecule has 2 amide bonds. The van der Waals surface area contributed by atoms with Crippen LogP contribution < -0.4 is 11.1 Å². The summed E-state index contributed by atoms with van der Waals surface area (Å²) in [6.45, 7) is -0.538. The van der Waals surface area contributed by atoms with Gasteiger partial charge in [-0.1, -0.05) is 12.1 Å². The van der Waals surface area contributed by atoms with Crippen LogP contribution in [0.5, 0.6) is 0 Å². The summed E-state index contributed by atoms with van der Waals surface area (Å²) < 4.78 is 9.64. The van der Waals surface area contributed by atoms with Gasteiger partial charge < -0.3 is 20.5 Å². The summed E-state index contributed by atoms with van der Waals surface area (Å²) in [5.74, 6) is -2.39. The molecule has 0 saturated heterocycles. The number of rotatable bonds is 8. The van der Waals surface area contributed by atoms with Crippen LogP contribution in [0.4, 0.5) is 5.69 Å². The highest BCUT2D eigenvalue weighted by Gasteiger charge is 2.18. The first-order valence-electron chi connectivity index (χ1n) is 7.55. The Labute approximate surface area is 163 Å². The van der Waals surface area contributed by atoms with Gasteiger partial charge in [0.1, 0.15) is 4.88 Å². The first kappa shape index (κ1) is 20.5. The monoisotopic (exact) mass is 408 g/mol. The van der Waals surface area contributed by atoms with Crippen LogP contribution in [0.1, 0.15) is 20.0 Å². The maximum Gasteiger partial charge on any atom is 0.350 e. The number of ether oxygens (including phenoxy) is 2. The molecule has 0 spiro atoms. The minimum Gasteiger partial charge on any atom is -0.465 e. The molecular formula is C17H16N2O6S2. The number of nitrogens with two attached hydrogens (primary N) is 1. The smallest absolute Gasteiger partial charge is 0.350 e. The highest BCUT2D eigenvalue weighted by Crippen LogP contribution is 2.24. The number of methoxy groups -OCH3 is 1. The van der Waals surface area contributed by atoms with Gasteiger partial charge in [-0.05, 0) is 23.6 Å². The SMILES string of the molecule is COC(=O)c1sccc1NC(=O)COC(=O)c1ccccc1SCC(N)=O. The summed E-state index contributed by atoms with van der Waals surface area (Å²) in [5, 5.41) is 4.12. The predicted octanol–water partition coefficient (Wildman–Crippen LogP) is 1.91. The summed E-state index contributed by atoms with van der Waals surface area (Å²) >= 11 is 2.22. The lowest BCUT2D eigenvalue weighted by Crippen LogP contribution is -2.22. The highest BCUT2D eigenvalue weighted by atomic mass is 32.2. The quantitative estimate of drug-likeness (QED) is 0.505. The number of hydrogen-bond acceptors (Lipinski definition) is 8. The maximum absolute atomic E-state index is 12.2. The molecule has 0 aliphatic carbocycles. The van der Waals surface area contributed by atoms with E-state index >= 15 is 0 Å². The van der Waals surface area contributed by atoms with Crippen molar-refractivity contribution in [3.8, 4) is 0 Å². The summed E-state index contributed by atoms with van der Waals surface area (Å²) in [6.07, 6.45) is 0. The molecule has 0 aliphatic rings. The molecule has 0 aliphatic heterocycles. The van der Waals surface area contributed by atoms with Crippen LogP contribution in [0.2, 0.25) is 0 Å². The Kier molecular flexibility index (Phi) is 7.38. The van der Waals surface area contributed by atoms with E-state index in [9.17, 15) is 19.2 Å². The third-order valence-corrected chi connectivity index (χ3v) is 5.11. The zero-order valence-corrected chi connectivity index (χ0v) is 15.9. The van der Waals surface area contributed by atoms with Crippen LogP contribution >= 0.6 is 23.1 Å². The lowest BCUT2D eigenvalue weighted by Gasteiger charge is -2.09. The Hall–Kier alpha value is -2.85. The second-order valence-electron chi connectivity index (χ2n) is 5.03. The Bertz CT molecular complexity index is 865. The molecule has 8 nitrogen and oxygen atoms in total. The molecule has 27 heavy (non-hydrogen) atoms. The van der Waals surface area contributed by atoms with E-state index in [4.69, 9.17) is 10.5 Å². The van der Waals surface area contributed by atoms with Crippen molar-refractivity contribution in [1.29, 1.82) is 0 Å². The van der Waals surface area contributed by atoms with Crippen LogP contribution in [0.25, 0.3) is 0 Å². The van der Waals surface area contributed by atoms with Crippen LogP contribution in [0.3, 0.4) is 0 Å². The van der Waals surface area contributed by atoms with Crippen molar-refractivity contribution in [3.63, 3.8) is 0 Å². The van der Waals surface area contributed by atoms with E-state index in [2.05, 4.69) is 10.1 Å². The van der Waals surface area contributed by atoms with E-state index in [0.717, 1.165) is 23.1 Å². The van der Waals surface area contributed by atoms with Gasteiger partial charge in [-0.15, -0.1) is 23.1 Å². The lowest BCUT2D eigenvalue weighted by atomic mass is 10.2. The first-order valence-corrected chi connectivity index (χ1v) is 9.41. The summed E-state index contributed by atoms with van der Waals surface area (Å²) in [4.78, 5) is 47.5. The second kappa shape index (κ2) is 9.74. The van der Waals surface area contributed by atoms with Crippen LogP contribution in [-0.2, 0) is 19.1 Å². The molecule has 142 valence electrons. The Morgan fingerprint density at radius 2 is 1.89 bits per heavy atom. The van der Waals surface area contributed by atoms with Crippen molar-refractivity contribution in [3.05, 3.63) is 46.2 Å². The minimum absolute atomic E-state index is 0.0131. The second-order valence-corrected chi connectivity index (χ2v) is 6.96. The fourth-order valence-electron chi connectivity index (χ4n) is 1.96. The van der Waals surface area contributed by atoms with Crippen molar-refractivity contribution < 1.29 is 28.7 Å². The van der Waals surface area contributed by atoms with E-state index in [1.165, 1.54) is 13.2 Å². The highest BCUT2D eigenvalue weighted by molar-refractivity contribution is 8.00. The normalized spacial score (nSPS) is 10.1. The maximum atomic E-state index is 12.2.